The second-order valence-corrected chi connectivity index (χ2v) is 7.00. The summed E-state index contributed by atoms with van der Waals surface area (Å²) in [4.78, 5) is 28.2. The zero-order chi connectivity index (χ0) is 19.9. The maximum Gasteiger partial charge on any atom is 0.251 e. The molecule has 1 fully saturated rings. The van der Waals surface area contributed by atoms with Crippen molar-refractivity contribution in [2.24, 2.45) is 0 Å². The van der Waals surface area contributed by atoms with Gasteiger partial charge in [0.25, 0.3) is 5.91 Å². The molecule has 0 saturated carbocycles. The van der Waals surface area contributed by atoms with Crippen LogP contribution in [0.25, 0.3) is 0 Å². The highest BCUT2D eigenvalue weighted by atomic mass is 19.1. The summed E-state index contributed by atoms with van der Waals surface area (Å²) < 4.78 is 13.0. The summed E-state index contributed by atoms with van der Waals surface area (Å²) in [5.74, 6) is -0.752. The molecule has 0 spiro atoms. The third-order valence-corrected chi connectivity index (χ3v) is 4.99. The Labute approximate surface area is 165 Å². The summed E-state index contributed by atoms with van der Waals surface area (Å²) in [5.41, 5.74) is 2.38. The van der Waals surface area contributed by atoms with Gasteiger partial charge in [0.15, 0.2) is 0 Å². The van der Waals surface area contributed by atoms with E-state index in [2.05, 4.69) is 10.2 Å². The lowest BCUT2D eigenvalue weighted by molar-refractivity contribution is -0.116. The minimum Gasteiger partial charge on any atom is -0.372 e. The van der Waals surface area contributed by atoms with Crippen LogP contribution in [0.4, 0.5) is 15.8 Å². The molecule has 0 aromatic heterocycles. The van der Waals surface area contributed by atoms with Gasteiger partial charge in [-0.25, -0.2) is 4.39 Å². The molecule has 0 aliphatic carbocycles. The molecule has 1 aliphatic rings. The lowest BCUT2D eigenvalue weighted by Gasteiger charge is -2.29. The van der Waals surface area contributed by atoms with Gasteiger partial charge in [-0.3, -0.25) is 9.59 Å². The van der Waals surface area contributed by atoms with E-state index in [-0.39, 0.29) is 17.6 Å². The Bertz CT molecular complexity index is 800. The number of benzene rings is 2. The Morgan fingerprint density at radius 1 is 1.00 bits per heavy atom. The zero-order valence-corrected chi connectivity index (χ0v) is 16.2. The van der Waals surface area contributed by atoms with E-state index in [1.165, 1.54) is 56.1 Å². The second-order valence-electron chi connectivity index (χ2n) is 7.00. The Balaban J connectivity index is 1.57. The van der Waals surface area contributed by atoms with Crippen LogP contribution in [0, 0.1) is 5.82 Å². The molecule has 2 aromatic rings. The lowest BCUT2D eigenvalue weighted by atomic mass is 10.1. The highest BCUT2D eigenvalue weighted by molar-refractivity contribution is 5.94. The summed E-state index contributed by atoms with van der Waals surface area (Å²) in [7, 11) is 0. The molecule has 1 aliphatic heterocycles. The highest BCUT2D eigenvalue weighted by Gasteiger charge is 2.15. The fraction of sp³-hybridized carbons (Fsp3) is 0.364. The van der Waals surface area contributed by atoms with Crippen LogP contribution in [-0.4, -0.2) is 38.0 Å². The molecule has 5 nitrogen and oxygen atoms in total. The van der Waals surface area contributed by atoms with Gasteiger partial charge in [0.05, 0.1) is 0 Å². The predicted molar refractivity (Wildman–Crippen MR) is 109 cm³/mol. The Morgan fingerprint density at radius 2 is 1.64 bits per heavy atom. The number of hydrogen-bond acceptors (Lipinski definition) is 3. The SMILES string of the molecule is CC(=O)N(CCNC(=O)c1ccc(F)cc1)c1ccc(N2CCCCC2)cc1. The summed E-state index contributed by atoms with van der Waals surface area (Å²) >= 11 is 0. The van der Waals surface area contributed by atoms with Gasteiger partial charge in [0.1, 0.15) is 5.82 Å². The van der Waals surface area contributed by atoms with E-state index in [9.17, 15) is 14.0 Å². The van der Waals surface area contributed by atoms with Crippen LogP contribution in [0.5, 0.6) is 0 Å². The first-order chi connectivity index (χ1) is 13.5. The molecule has 0 bridgehead atoms. The first-order valence-electron chi connectivity index (χ1n) is 9.71. The number of rotatable bonds is 6. The molecule has 1 saturated heterocycles. The van der Waals surface area contributed by atoms with E-state index in [1.54, 1.807) is 4.90 Å². The van der Waals surface area contributed by atoms with E-state index in [4.69, 9.17) is 0 Å². The van der Waals surface area contributed by atoms with Crippen LogP contribution in [0.15, 0.2) is 48.5 Å². The molecule has 0 atom stereocenters. The van der Waals surface area contributed by atoms with Gasteiger partial charge in [-0.15, -0.1) is 0 Å². The quantitative estimate of drug-likeness (QED) is 0.829. The number of nitrogens with zero attached hydrogens (tertiary/aromatic N) is 2. The third-order valence-electron chi connectivity index (χ3n) is 4.99. The number of carbonyl (C=O) groups excluding carboxylic acids is 2. The van der Waals surface area contributed by atoms with Gasteiger partial charge in [-0.2, -0.15) is 0 Å². The van der Waals surface area contributed by atoms with E-state index in [1.807, 2.05) is 24.3 Å². The van der Waals surface area contributed by atoms with Gasteiger partial charge in [0.2, 0.25) is 5.91 Å². The average Bonchev–Trinajstić information content (AvgIpc) is 2.72. The van der Waals surface area contributed by atoms with Crippen molar-refractivity contribution in [3.05, 3.63) is 59.9 Å². The predicted octanol–water partition coefficient (Wildman–Crippen LogP) is 3.60. The Kier molecular flexibility index (Phi) is 6.63. The normalized spacial score (nSPS) is 13.9. The topological polar surface area (TPSA) is 52.7 Å². The van der Waals surface area contributed by atoms with Crippen LogP contribution in [0.3, 0.4) is 0 Å². The molecular formula is C22H26FN3O2. The molecule has 28 heavy (non-hydrogen) atoms. The number of piperidine rings is 1. The highest BCUT2D eigenvalue weighted by Crippen LogP contribution is 2.23. The first-order valence-corrected chi connectivity index (χ1v) is 9.71. The molecule has 2 aromatic carbocycles. The number of nitrogens with one attached hydrogen (secondary N) is 1. The van der Waals surface area contributed by atoms with Crippen LogP contribution in [-0.2, 0) is 4.79 Å². The van der Waals surface area contributed by atoms with Gasteiger partial charge < -0.3 is 15.1 Å². The van der Waals surface area contributed by atoms with Gasteiger partial charge in [0, 0.05) is 50.0 Å². The van der Waals surface area contributed by atoms with E-state index in [0.717, 1.165) is 18.8 Å². The Morgan fingerprint density at radius 3 is 2.25 bits per heavy atom. The van der Waals surface area contributed by atoms with Gasteiger partial charge >= 0.3 is 0 Å². The van der Waals surface area contributed by atoms with Crippen LogP contribution in [0.2, 0.25) is 0 Å². The molecule has 148 valence electrons. The molecule has 1 heterocycles. The standard InChI is InChI=1S/C22H26FN3O2/c1-17(27)26(16-13-24-22(28)18-5-7-19(23)8-6-18)21-11-9-20(10-12-21)25-14-3-2-4-15-25/h5-12H,2-4,13-16H2,1H3,(H,24,28). The van der Waals surface area contributed by atoms with Gasteiger partial charge in [-0.05, 0) is 67.8 Å². The van der Waals surface area contributed by atoms with E-state index >= 15 is 0 Å². The number of hydrogen-bond donors (Lipinski definition) is 1. The van der Waals surface area contributed by atoms with Crippen molar-refractivity contribution >= 4 is 23.2 Å². The summed E-state index contributed by atoms with van der Waals surface area (Å²) in [6, 6.07) is 13.4. The second kappa shape index (κ2) is 9.35. The first kappa shape index (κ1) is 19.9. The number of halogens is 1. The molecule has 0 unspecified atom stereocenters. The van der Waals surface area contributed by atoms with Crippen molar-refractivity contribution in [2.75, 3.05) is 36.0 Å². The minimum absolute atomic E-state index is 0.0817. The lowest BCUT2D eigenvalue weighted by Crippen LogP contribution is -2.37. The van der Waals surface area contributed by atoms with Crippen LogP contribution < -0.4 is 15.1 Å². The zero-order valence-electron chi connectivity index (χ0n) is 16.2. The van der Waals surface area contributed by atoms with Crippen molar-refractivity contribution in [3.8, 4) is 0 Å². The number of amides is 2. The fourth-order valence-corrected chi connectivity index (χ4v) is 3.45. The van der Waals surface area contributed by atoms with Crippen molar-refractivity contribution in [3.63, 3.8) is 0 Å². The van der Waals surface area contributed by atoms with E-state index in [0.29, 0.717) is 18.7 Å². The average molecular weight is 383 g/mol. The molecule has 3 rings (SSSR count). The molecule has 0 radical (unpaired) electrons. The summed E-state index contributed by atoms with van der Waals surface area (Å²) in [6.45, 7) is 4.34. The van der Waals surface area contributed by atoms with Crippen LogP contribution >= 0.6 is 0 Å². The van der Waals surface area contributed by atoms with Gasteiger partial charge in [-0.1, -0.05) is 0 Å². The van der Waals surface area contributed by atoms with E-state index < -0.39 is 0 Å². The number of carbonyl (C=O) groups is 2. The number of anilines is 2. The van der Waals surface area contributed by atoms with Crippen molar-refractivity contribution in [1.29, 1.82) is 0 Å². The monoisotopic (exact) mass is 383 g/mol. The maximum atomic E-state index is 13.0. The summed E-state index contributed by atoms with van der Waals surface area (Å²) in [5, 5.41) is 2.77. The largest absolute Gasteiger partial charge is 0.372 e. The Hall–Kier alpha value is -2.89. The molecule has 2 amide bonds. The summed E-state index contributed by atoms with van der Waals surface area (Å²) in [6.07, 6.45) is 3.72. The molecular weight excluding hydrogens is 357 g/mol. The fourth-order valence-electron chi connectivity index (χ4n) is 3.45. The molecule has 1 N–H and O–H groups in total. The maximum absolute atomic E-state index is 13.0. The van der Waals surface area contributed by atoms with Crippen molar-refractivity contribution < 1.29 is 14.0 Å². The van der Waals surface area contributed by atoms with Crippen molar-refractivity contribution in [1.82, 2.24) is 5.32 Å². The minimum atomic E-state index is -0.382. The smallest absolute Gasteiger partial charge is 0.251 e. The van der Waals surface area contributed by atoms with Crippen LogP contribution in [0.1, 0.15) is 36.5 Å². The van der Waals surface area contributed by atoms with Crippen molar-refractivity contribution in [2.45, 2.75) is 26.2 Å². The molecule has 6 heteroatoms. The third kappa shape index (κ3) is 5.09.